The van der Waals surface area contributed by atoms with Crippen molar-refractivity contribution in [3.05, 3.63) is 52.2 Å². The third-order valence-electron chi connectivity index (χ3n) is 7.56. The number of nitrogens with zero attached hydrogens (tertiary/aromatic N) is 3. The second-order valence-corrected chi connectivity index (χ2v) is 10.9. The van der Waals surface area contributed by atoms with Gasteiger partial charge in [-0.25, -0.2) is 9.97 Å². The number of aryl methyl sites for hydroxylation is 2. The highest BCUT2D eigenvalue weighted by Crippen LogP contribution is 2.40. The second kappa shape index (κ2) is 8.73. The molecular formula is C26H32N4OS. The van der Waals surface area contributed by atoms with E-state index in [1.54, 1.807) is 6.33 Å². The maximum absolute atomic E-state index is 9.49. The van der Waals surface area contributed by atoms with E-state index < -0.39 is 0 Å². The van der Waals surface area contributed by atoms with Crippen molar-refractivity contribution in [1.29, 1.82) is 0 Å². The number of anilines is 1. The van der Waals surface area contributed by atoms with Crippen molar-refractivity contribution in [3.63, 3.8) is 0 Å². The molecule has 2 saturated carbocycles. The second-order valence-electron chi connectivity index (χ2n) is 9.79. The van der Waals surface area contributed by atoms with E-state index >= 15 is 0 Å². The maximum Gasteiger partial charge on any atom is 0.138 e. The van der Waals surface area contributed by atoms with Gasteiger partial charge < -0.3 is 10.4 Å². The molecule has 0 radical (unpaired) electrons. The Morgan fingerprint density at radius 2 is 1.78 bits per heavy atom. The van der Waals surface area contributed by atoms with Crippen LogP contribution in [0.5, 0.6) is 0 Å². The van der Waals surface area contributed by atoms with Crippen molar-refractivity contribution in [2.45, 2.75) is 89.1 Å². The molecule has 6 heteroatoms. The molecule has 0 saturated heterocycles. The Morgan fingerprint density at radius 1 is 1.00 bits per heavy atom. The summed E-state index contributed by atoms with van der Waals surface area (Å²) in [6, 6.07) is 10.4. The minimum Gasteiger partial charge on any atom is -0.392 e. The summed E-state index contributed by atoms with van der Waals surface area (Å²) in [7, 11) is 0. The molecule has 1 aromatic carbocycles. The molecule has 5 nitrogen and oxygen atoms in total. The molecule has 0 spiro atoms. The highest BCUT2D eigenvalue weighted by molar-refractivity contribution is 7.19. The summed E-state index contributed by atoms with van der Waals surface area (Å²) in [5.74, 6) is 1.07. The first kappa shape index (κ1) is 20.6. The van der Waals surface area contributed by atoms with E-state index in [0.717, 1.165) is 28.8 Å². The molecule has 3 aliphatic carbocycles. The van der Waals surface area contributed by atoms with Crippen molar-refractivity contribution in [2.24, 2.45) is 0 Å². The molecule has 6 rings (SSSR count). The highest BCUT2D eigenvalue weighted by Gasteiger charge is 2.36. The molecule has 168 valence electrons. The van der Waals surface area contributed by atoms with Gasteiger partial charge in [0.15, 0.2) is 0 Å². The molecule has 2 N–H and O–H groups in total. The highest BCUT2D eigenvalue weighted by atomic mass is 32.1. The number of nitrogens with one attached hydrogen (secondary N) is 1. The minimum atomic E-state index is 0.123. The quantitative estimate of drug-likeness (QED) is 0.529. The van der Waals surface area contributed by atoms with E-state index in [1.165, 1.54) is 79.2 Å². The zero-order chi connectivity index (χ0) is 21.5. The van der Waals surface area contributed by atoms with E-state index in [-0.39, 0.29) is 6.61 Å². The zero-order valence-electron chi connectivity index (χ0n) is 18.6. The van der Waals surface area contributed by atoms with Gasteiger partial charge in [-0.1, -0.05) is 24.3 Å². The average Bonchev–Trinajstić information content (AvgIpc) is 3.46. The monoisotopic (exact) mass is 448 g/mol. The topological polar surface area (TPSA) is 61.3 Å². The van der Waals surface area contributed by atoms with Crippen molar-refractivity contribution in [3.8, 4) is 0 Å². The van der Waals surface area contributed by atoms with Crippen LogP contribution in [0, 0.1) is 0 Å². The van der Waals surface area contributed by atoms with Crippen LogP contribution in [0.1, 0.15) is 66.5 Å². The van der Waals surface area contributed by atoms with E-state index in [1.807, 2.05) is 17.4 Å². The predicted octanol–water partition coefficient (Wildman–Crippen LogP) is 5.06. The lowest BCUT2D eigenvalue weighted by Gasteiger charge is -2.37. The van der Waals surface area contributed by atoms with Crippen LogP contribution in [0.15, 0.2) is 30.6 Å². The van der Waals surface area contributed by atoms with E-state index in [2.05, 4.69) is 38.4 Å². The Hall–Kier alpha value is -2.02. The van der Waals surface area contributed by atoms with Gasteiger partial charge in [-0.2, -0.15) is 0 Å². The van der Waals surface area contributed by atoms with Crippen LogP contribution in [0.25, 0.3) is 10.2 Å². The summed E-state index contributed by atoms with van der Waals surface area (Å²) in [5, 5.41) is 14.6. The number of hydrogen-bond acceptors (Lipinski definition) is 6. The smallest absolute Gasteiger partial charge is 0.138 e. The van der Waals surface area contributed by atoms with Gasteiger partial charge in [0, 0.05) is 29.5 Å². The van der Waals surface area contributed by atoms with Gasteiger partial charge in [-0.05, 0) is 74.5 Å². The Kier molecular flexibility index (Phi) is 5.61. The van der Waals surface area contributed by atoms with Gasteiger partial charge in [-0.15, -0.1) is 11.3 Å². The molecule has 32 heavy (non-hydrogen) atoms. The van der Waals surface area contributed by atoms with Crippen molar-refractivity contribution < 1.29 is 5.11 Å². The number of hydrogen-bond donors (Lipinski definition) is 2. The number of aromatic nitrogens is 2. The summed E-state index contributed by atoms with van der Waals surface area (Å²) in [6.45, 7) is 1.13. The molecule has 0 atom stereocenters. The van der Waals surface area contributed by atoms with Gasteiger partial charge in [0.1, 0.15) is 17.0 Å². The Morgan fingerprint density at radius 3 is 2.56 bits per heavy atom. The summed E-state index contributed by atoms with van der Waals surface area (Å²) in [5.41, 5.74) is 3.85. The first-order valence-electron chi connectivity index (χ1n) is 12.2. The summed E-state index contributed by atoms with van der Waals surface area (Å²) in [4.78, 5) is 14.7. The van der Waals surface area contributed by atoms with E-state index in [4.69, 9.17) is 0 Å². The number of rotatable bonds is 7. The fraction of sp³-hybridized carbons (Fsp3) is 0.538. The maximum atomic E-state index is 9.49. The molecule has 2 fully saturated rings. The molecule has 0 unspecified atom stereocenters. The number of benzene rings is 1. The first-order valence-corrected chi connectivity index (χ1v) is 13.1. The lowest BCUT2D eigenvalue weighted by molar-refractivity contribution is 0.135. The average molecular weight is 449 g/mol. The molecule has 2 aromatic heterocycles. The van der Waals surface area contributed by atoms with Crippen molar-refractivity contribution in [1.82, 2.24) is 14.9 Å². The van der Waals surface area contributed by atoms with E-state index in [9.17, 15) is 5.11 Å². The van der Waals surface area contributed by atoms with Crippen LogP contribution in [0.2, 0.25) is 0 Å². The molecule has 2 heterocycles. The lowest BCUT2D eigenvalue weighted by atomic mass is 9.89. The fourth-order valence-electron chi connectivity index (χ4n) is 5.78. The number of fused-ring (bicyclic) bond motifs is 3. The van der Waals surface area contributed by atoms with Crippen LogP contribution in [-0.2, 0) is 26.0 Å². The number of aliphatic hydroxyl groups excluding tert-OH is 1. The van der Waals surface area contributed by atoms with Crippen molar-refractivity contribution in [2.75, 3.05) is 5.32 Å². The van der Waals surface area contributed by atoms with Crippen LogP contribution < -0.4 is 5.32 Å². The third kappa shape index (κ3) is 4.04. The summed E-state index contributed by atoms with van der Waals surface area (Å²) >= 11 is 1.87. The third-order valence-corrected chi connectivity index (χ3v) is 8.76. The van der Waals surface area contributed by atoms with Gasteiger partial charge >= 0.3 is 0 Å². The minimum absolute atomic E-state index is 0.123. The Labute approximate surface area is 193 Å². The van der Waals surface area contributed by atoms with Gasteiger partial charge in [-0.3, -0.25) is 4.90 Å². The Bertz CT molecular complexity index is 1100. The Balaban J connectivity index is 1.13. The summed E-state index contributed by atoms with van der Waals surface area (Å²) in [6.07, 6.45) is 12.9. The van der Waals surface area contributed by atoms with Crippen LogP contribution in [0.3, 0.4) is 0 Å². The predicted molar refractivity (Wildman–Crippen MR) is 130 cm³/mol. The largest absolute Gasteiger partial charge is 0.392 e. The van der Waals surface area contributed by atoms with E-state index in [0.29, 0.717) is 12.1 Å². The van der Waals surface area contributed by atoms with Gasteiger partial charge in [0.25, 0.3) is 0 Å². The van der Waals surface area contributed by atoms with Gasteiger partial charge in [0.05, 0.1) is 12.0 Å². The summed E-state index contributed by atoms with van der Waals surface area (Å²) < 4.78 is 0. The van der Waals surface area contributed by atoms with Crippen LogP contribution >= 0.6 is 11.3 Å². The molecule has 3 aromatic rings. The standard InChI is InChI=1S/C26H32N4OS/c31-15-18-4-1-3-17(13-18)14-30(21-11-12-21)20-9-7-19(8-10-20)29-25-24-22-5-2-6-23(22)32-26(24)28-16-27-25/h1,3-4,13,16,19-21,31H,2,5-12,14-15H2,(H,27,28,29). The van der Waals surface area contributed by atoms with Crippen molar-refractivity contribution >= 4 is 27.4 Å². The molecular weight excluding hydrogens is 416 g/mol. The number of thiophene rings is 1. The molecule has 0 amide bonds. The molecule has 0 aliphatic heterocycles. The SMILES string of the molecule is OCc1cccc(CN(C2CCC(Nc3ncnc4sc5c(c34)CCC5)CC2)C2CC2)c1. The lowest BCUT2D eigenvalue weighted by Crippen LogP contribution is -2.41. The first-order chi connectivity index (χ1) is 15.8. The molecule has 3 aliphatic rings. The molecule has 0 bridgehead atoms. The zero-order valence-corrected chi connectivity index (χ0v) is 19.4. The van der Waals surface area contributed by atoms with Crippen LogP contribution in [0.4, 0.5) is 5.82 Å². The van der Waals surface area contributed by atoms with Crippen LogP contribution in [-0.4, -0.2) is 38.1 Å². The van der Waals surface area contributed by atoms with Gasteiger partial charge in [0.2, 0.25) is 0 Å². The normalized spacial score (nSPS) is 23.1. The number of aliphatic hydroxyl groups is 1. The fourth-order valence-corrected chi connectivity index (χ4v) is 7.01.